The lowest BCUT2D eigenvalue weighted by Gasteiger charge is -2.29. The second kappa shape index (κ2) is 5.76. The molecule has 2 fully saturated rings. The zero-order valence-electron chi connectivity index (χ0n) is 12.0. The monoisotopic (exact) mass is 308 g/mol. The average molecular weight is 308 g/mol. The molecule has 2 atom stereocenters. The molecule has 2 bridgehead atoms. The highest BCUT2D eigenvalue weighted by Gasteiger charge is 2.47. The highest BCUT2D eigenvalue weighted by atomic mass is 16.7. The summed E-state index contributed by atoms with van der Waals surface area (Å²) in [5.74, 6) is -0.691. The zero-order chi connectivity index (χ0) is 15.7. The van der Waals surface area contributed by atoms with Crippen molar-refractivity contribution in [1.29, 1.82) is 0 Å². The van der Waals surface area contributed by atoms with Gasteiger partial charge in [0.25, 0.3) is 0 Å². The molecule has 2 aliphatic rings. The predicted octanol–water partition coefficient (Wildman–Crippen LogP) is -0.196. The van der Waals surface area contributed by atoms with Crippen molar-refractivity contribution in [2.24, 2.45) is 0 Å². The molecule has 1 aromatic heterocycles. The lowest BCUT2D eigenvalue weighted by molar-refractivity contribution is -0.125. The molecule has 9 nitrogen and oxygen atoms in total. The van der Waals surface area contributed by atoms with Gasteiger partial charge < -0.3 is 14.6 Å². The first-order valence-electron chi connectivity index (χ1n) is 6.95. The van der Waals surface area contributed by atoms with E-state index in [0.29, 0.717) is 19.4 Å². The molecule has 1 aromatic rings. The van der Waals surface area contributed by atoms with Gasteiger partial charge in [0.1, 0.15) is 18.0 Å². The van der Waals surface area contributed by atoms with Crippen LogP contribution in [0.1, 0.15) is 23.3 Å². The Labute approximate surface area is 126 Å². The van der Waals surface area contributed by atoms with Crippen molar-refractivity contribution < 1.29 is 23.6 Å². The molecule has 0 aromatic carbocycles. The maximum absolute atomic E-state index is 12.2. The van der Waals surface area contributed by atoms with Crippen LogP contribution in [0.15, 0.2) is 17.1 Å². The number of nitrogens with zero attached hydrogens (tertiary/aromatic N) is 3. The fourth-order valence-corrected chi connectivity index (χ4v) is 2.86. The van der Waals surface area contributed by atoms with Gasteiger partial charge in [0.15, 0.2) is 6.39 Å². The molecule has 0 saturated carbocycles. The Hall–Kier alpha value is -2.42. The second-order valence-corrected chi connectivity index (χ2v) is 5.20. The summed E-state index contributed by atoms with van der Waals surface area (Å²) in [6.07, 6.45) is 3.60. The normalized spacial score (nSPS) is 23.8. The first kappa shape index (κ1) is 14.5. The number of carbonyl (C=O) groups is 3. The van der Waals surface area contributed by atoms with E-state index in [9.17, 15) is 14.4 Å². The van der Waals surface area contributed by atoms with E-state index >= 15 is 0 Å². The highest BCUT2D eigenvalue weighted by Crippen LogP contribution is 2.29. The van der Waals surface area contributed by atoms with Crippen LogP contribution in [0, 0.1) is 0 Å². The Morgan fingerprint density at radius 2 is 2.32 bits per heavy atom. The molecule has 0 radical (unpaired) electrons. The lowest BCUT2D eigenvalue weighted by atomic mass is 10.0. The largest absolute Gasteiger partial charge is 0.451 e. The minimum atomic E-state index is -0.575. The molecule has 0 unspecified atom stereocenters. The van der Waals surface area contributed by atoms with Gasteiger partial charge in [-0.2, -0.15) is 5.06 Å². The van der Waals surface area contributed by atoms with E-state index in [-0.39, 0.29) is 36.0 Å². The molecule has 2 saturated heterocycles. The summed E-state index contributed by atoms with van der Waals surface area (Å²) >= 11 is 0. The number of hydrogen-bond donors (Lipinski definition) is 1. The van der Waals surface area contributed by atoms with Crippen LogP contribution in [0.25, 0.3) is 0 Å². The quantitative estimate of drug-likeness (QED) is 0.756. The molecular weight excluding hydrogens is 292 g/mol. The van der Waals surface area contributed by atoms with E-state index in [1.807, 2.05) is 0 Å². The van der Waals surface area contributed by atoms with Gasteiger partial charge in [0, 0.05) is 6.54 Å². The third kappa shape index (κ3) is 2.43. The molecule has 9 heteroatoms. The number of oxazole rings is 1. The highest BCUT2D eigenvalue weighted by molar-refractivity contribution is 5.98. The van der Waals surface area contributed by atoms with Crippen LogP contribution >= 0.6 is 0 Å². The Balaban J connectivity index is 1.59. The molecule has 3 rings (SSSR count). The molecule has 1 N–H and O–H groups in total. The topological polar surface area (TPSA) is 105 Å². The Kier molecular flexibility index (Phi) is 3.80. The lowest BCUT2D eigenvalue weighted by Crippen LogP contribution is -2.50. The number of amides is 3. The summed E-state index contributed by atoms with van der Waals surface area (Å²) < 4.78 is 4.72. The van der Waals surface area contributed by atoms with Crippen molar-refractivity contribution in [3.63, 3.8) is 0 Å². The first-order chi connectivity index (χ1) is 10.6. The summed E-state index contributed by atoms with van der Waals surface area (Å²) in [6, 6.07) is -0.903. The van der Waals surface area contributed by atoms with Crippen molar-refractivity contribution in [3.05, 3.63) is 18.4 Å². The molecule has 0 spiro atoms. The van der Waals surface area contributed by atoms with Gasteiger partial charge in [-0.15, -0.1) is 0 Å². The van der Waals surface area contributed by atoms with Crippen LogP contribution in [0.4, 0.5) is 4.79 Å². The minimum Gasteiger partial charge on any atom is -0.451 e. The number of rotatable bonds is 5. The minimum absolute atomic E-state index is 0.0155. The number of carbonyl (C=O) groups excluding carboxylic acids is 3. The molecular formula is C13H16N4O5. The first-order valence-corrected chi connectivity index (χ1v) is 6.95. The molecule has 22 heavy (non-hydrogen) atoms. The van der Waals surface area contributed by atoms with E-state index in [2.05, 4.69) is 10.3 Å². The van der Waals surface area contributed by atoms with Gasteiger partial charge >= 0.3 is 6.03 Å². The number of hydrogen-bond acceptors (Lipinski definition) is 6. The van der Waals surface area contributed by atoms with Crippen LogP contribution in [0.3, 0.4) is 0 Å². The molecule has 0 aliphatic carbocycles. The third-order valence-corrected chi connectivity index (χ3v) is 3.96. The molecule has 118 valence electrons. The smallest absolute Gasteiger partial charge is 0.345 e. The van der Waals surface area contributed by atoms with Gasteiger partial charge in [-0.25, -0.2) is 9.78 Å². The number of piperidine rings is 1. The van der Waals surface area contributed by atoms with Crippen LogP contribution < -0.4 is 5.32 Å². The van der Waals surface area contributed by atoms with Crippen LogP contribution in [-0.4, -0.2) is 65.0 Å². The number of aromatic nitrogens is 1. The Morgan fingerprint density at radius 3 is 3.00 bits per heavy atom. The van der Waals surface area contributed by atoms with Crippen molar-refractivity contribution in [2.75, 3.05) is 20.2 Å². The molecule has 3 amide bonds. The van der Waals surface area contributed by atoms with Gasteiger partial charge in [-0.3, -0.25) is 14.4 Å². The second-order valence-electron chi connectivity index (χ2n) is 5.20. The summed E-state index contributed by atoms with van der Waals surface area (Å²) in [6.45, 7) is 0.281. The number of Topliss-reactive ketones (excluding diaryl/α,β-unsaturated/α-hetero) is 1. The van der Waals surface area contributed by atoms with Gasteiger partial charge in [0.2, 0.25) is 11.7 Å². The number of nitrogens with one attached hydrogen (secondary N) is 1. The van der Waals surface area contributed by atoms with Crippen molar-refractivity contribution in [2.45, 2.75) is 24.9 Å². The Bertz CT molecular complexity index is 587. The maximum Gasteiger partial charge on any atom is 0.345 e. The fraction of sp³-hybridized carbons (Fsp3) is 0.538. The maximum atomic E-state index is 12.2. The fourth-order valence-electron chi connectivity index (χ4n) is 2.86. The number of ketones is 1. The number of hydroxylamine groups is 2. The van der Waals surface area contributed by atoms with E-state index in [1.165, 1.54) is 23.3 Å². The standard InChI is InChI=1S/C13H16N4O5/c1-21-17-8-2-3-10(16(5-8)13(17)20)12(19)14-4-11(18)9-6-22-7-15-9/h6-8,10H,2-5H2,1H3,(H,14,19)/t8-,10+/m1/s1. The molecule has 2 aliphatic heterocycles. The summed E-state index contributed by atoms with van der Waals surface area (Å²) in [7, 11) is 1.44. The zero-order valence-corrected chi connectivity index (χ0v) is 12.0. The van der Waals surface area contributed by atoms with Crippen LogP contribution in [0.2, 0.25) is 0 Å². The number of urea groups is 1. The van der Waals surface area contributed by atoms with Crippen molar-refractivity contribution in [3.8, 4) is 0 Å². The summed E-state index contributed by atoms with van der Waals surface area (Å²) in [5.41, 5.74) is 0.159. The SMILES string of the molecule is CON1C(=O)N2C[C@H]1CC[C@H]2C(=O)NCC(=O)c1cocn1. The predicted molar refractivity (Wildman–Crippen MR) is 71.6 cm³/mol. The van der Waals surface area contributed by atoms with E-state index < -0.39 is 6.04 Å². The molecule has 3 heterocycles. The summed E-state index contributed by atoms with van der Waals surface area (Å²) in [5, 5.41) is 3.85. The van der Waals surface area contributed by atoms with Gasteiger partial charge in [-0.05, 0) is 12.8 Å². The average Bonchev–Trinajstić information content (AvgIpc) is 3.13. The summed E-state index contributed by atoms with van der Waals surface area (Å²) in [4.78, 5) is 46.4. The number of fused-ring (bicyclic) bond motifs is 2. The van der Waals surface area contributed by atoms with E-state index in [4.69, 9.17) is 9.25 Å². The third-order valence-electron chi connectivity index (χ3n) is 3.96. The van der Waals surface area contributed by atoms with Crippen LogP contribution in [-0.2, 0) is 9.63 Å². The van der Waals surface area contributed by atoms with E-state index in [1.54, 1.807) is 0 Å². The van der Waals surface area contributed by atoms with Gasteiger partial charge in [0.05, 0.1) is 19.7 Å². The van der Waals surface area contributed by atoms with Gasteiger partial charge in [-0.1, -0.05) is 0 Å². The van der Waals surface area contributed by atoms with E-state index in [0.717, 1.165) is 6.39 Å². The van der Waals surface area contributed by atoms with Crippen molar-refractivity contribution >= 4 is 17.7 Å². The van der Waals surface area contributed by atoms with Crippen molar-refractivity contribution in [1.82, 2.24) is 20.3 Å². The Morgan fingerprint density at radius 1 is 1.50 bits per heavy atom. The van der Waals surface area contributed by atoms with Crippen LogP contribution in [0.5, 0.6) is 0 Å².